The Kier molecular flexibility index (Phi) is 6.67. The summed E-state index contributed by atoms with van der Waals surface area (Å²) >= 11 is 0. The third-order valence-corrected chi connectivity index (χ3v) is 12.2. The van der Waals surface area contributed by atoms with Crippen molar-refractivity contribution >= 4 is 42.5 Å². The van der Waals surface area contributed by atoms with E-state index in [0.717, 1.165) is 5.75 Å². The van der Waals surface area contributed by atoms with Gasteiger partial charge in [-0.25, -0.2) is 0 Å². The Balaban J connectivity index is 1.91. The Bertz CT molecular complexity index is 1080. The van der Waals surface area contributed by atoms with Crippen molar-refractivity contribution in [3.63, 3.8) is 0 Å². The van der Waals surface area contributed by atoms with Gasteiger partial charge in [-0.15, -0.1) is 0 Å². The highest BCUT2D eigenvalue weighted by Crippen LogP contribution is 2.32. The molecule has 0 amide bonds. The molecule has 0 spiro atoms. The Morgan fingerprint density at radius 2 is 1.13 bits per heavy atom. The lowest BCUT2D eigenvalue weighted by Crippen LogP contribution is -2.62. The quantitative estimate of drug-likeness (QED) is 0.320. The molecule has 1 atom stereocenters. The van der Waals surface area contributed by atoms with E-state index in [-0.39, 0.29) is 0 Å². The monoisotopic (exact) mass is 442 g/mol. The first-order valence-electron chi connectivity index (χ1n) is 10.4. The van der Waals surface area contributed by atoms with Crippen molar-refractivity contribution in [3.8, 4) is 5.75 Å². The maximum atomic E-state index is 6.35. The van der Waals surface area contributed by atoms with Crippen LogP contribution in [-0.2, 0) is 4.43 Å². The number of ether oxygens (including phenoxy) is 1. The number of methoxy groups -OCH3 is 1. The summed E-state index contributed by atoms with van der Waals surface area (Å²) in [6.45, 7) is 2.29. The van der Waals surface area contributed by atoms with Crippen LogP contribution >= 0.6 is 7.92 Å². The number of hydrogen-bond donors (Lipinski definition) is 0. The van der Waals surface area contributed by atoms with E-state index in [0.29, 0.717) is 0 Å². The zero-order valence-corrected chi connectivity index (χ0v) is 20.1. The van der Waals surface area contributed by atoms with Gasteiger partial charge in [-0.1, -0.05) is 97.1 Å². The number of benzene rings is 4. The summed E-state index contributed by atoms with van der Waals surface area (Å²) in [5.41, 5.74) is 0. The Morgan fingerprint density at radius 1 is 0.613 bits per heavy atom. The van der Waals surface area contributed by atoms with E-state index in [9.17, 15) is 0 Å². The van der Waals surface area contributed by atoms with Gasteiger partial charge in [0.2, 0.25) is 0 Å². The van der Waals surface area contributed by atoms with Crippen molar-refractivity contribution in [1.82, 2.24) is 0 Å². The molecule has 0 aliphatic heterocycles. The van der Waals surface area contributed by atoms with Crippen LogP contribution in [0.3, 0.4) is 0 Å². The van der Waals surface area contributed by atoms with Crippen LogP contribution in [0.1, 0.15) is 0 Å². The van der Waals surface area contributed by atoms with Crippen LogP contribution in [0.4, 0.5) is 0 Å². The Morgan fingerprint density at radius 3 is 1.65 bits per heavy atom. The second-order valence-electron chi connectivity index (χ2n) is 7.49. The molecule has 156 valence electrons. The largest absolute Gasteiger partial charge is 0.497 e. The first kappa shape index (κ1) is 21.5. The standard InChI is InChI=1S/C27H27O2PSi/c1-28-22-18-20-25(21-19-22)31(3,29-2)27-17-11-10-16-26(27)30(23-12-6-4-7-13-23)24-14-8-5-9-15-24/h4-21H,1-3H3. The number of rotatable bonds is 7. The van der Waals surface area contributed by atoms with Gasteiger partial charge < -0.3 is 9.16 Å². The highest BCUT2D eigenvalue weighted by atomic mass is 31.1. The third-order valence-electron chi connectivity index (χ3n) is 5.74. The van der Waals surface area contributed by atoms with Gasteiger partial charge in [0.1, 0.15) is 5.75 Å². The van der Waals surface area contributed by atoms with E-state index in [1.165, 1.54) is 26.3 Å². The zero-order chi connectivity index (χ0) is 21.7. The second-order valence-corrected chi connectivity index (χ2v) is 13.3. The molecule has 4 rings (SSSR count). The molecule has 0 saturated heterocycles. The molecule has 1 unspecified atom stereocenters. The fourth-order valence-corrected chi connectivity index (χ4v) is 9.82. The Hall–Kier alpha value is -2.71. The van der Waals surface area contributed by atoms with Gasteiger partial charge in [0.05, 0.1) is 7.11 Å². The van der Waals surface area contributed by atoms with Crippen LogP contribution in [0, 0.1) is 0 Å². The maximum absolute atomic E-state index is 6.35. The van der Waals surface area contributed by atoms with Gasteiger partial charge in [-0.3, -0.25) is 0 Å². The predicted molar refractivity (Wildman–Crippen MR) is 136 cm³/mol. The van der Waals surface area contributed by atoms with E-state index in [1.807, 2.05) is 19.2 Å². The van der Waals surface area contributed by atoms with Crippen LogP contribution in [0.15, 0.2) is 109 Å². The van der Waals surface area contributed by atoms with E-state index >= 15 is 0 Å². The minimum atomic E-state index is -2.42. The summed E-state index contributed by atoms with van der Waals surface area (Å²) in [6.07, 6.45) is 0. The molecule has 31 heavy (non-hydrogen) atoms. The predicted octanol–water partition coefficient (Wildman–Crippen LogP) is 3.79. The highest BCUT2D eigenvalue weighted by Gasteiger charge is 2.37. The molecule has 0 radical (unpaired) electrons. The average molecular weight is 443 g/mol. The van der Waals surface area contributed by atoms with Crippen LogP contribution in [0.5, 0.6) is 5.75 Å². The molecule has 0 fully saturated rings. The summed E-state index contributed by atoms with van der Waals surface area (Å²) in [5.74, 6) is 0.861. The molecule has 4 heteroatoms. The summed E-state index contributed by atoms with van der Waals surface area (Å²) < 4.78 is 11.7. The summed E-state index contributed by atoms with van der Waals surface area (Å²) in [7, 11) is 0.416. The molecule has 2 nitrogen and oxygen atoms in total. The molecular formula is C27H27O2PSi. The van der Waals surface area contributed by atoms with E-state index in [2.05, 4.69) is 104 Å². The van der Waals surface area contributed by atoms with Gasteiger partial charge in [0.15, 0.2) is 0 Å². The van der Waals surface area contributed by atoms with Crippen LogP contribution in [0.25, 0.3) is 0 Å². The minimum Gasteiger partial charge on any atom is -0.497 e. The topological polar surface area (TPSA) is 18.5 Å². The van der Waals surface area contributed by atoms with Gasteiger partial charge in [-0.05, 0) is 52.9 Å². The highest BCUT2D eigenvalue weighted by molar-refractivity contribution is 7.80. The van der Waals surface area contributed by atoms with Gasteiger partial charge in [-0.2, -0.15) is 0 Å². The van der Waals surface area contributed by atoms with Crippen molar-refractivity contribution in [2.45, 2.75) is 6.55 Å². The molecule has 0 saturated carbocycles. The van der Waals surface area contributed by atoms with Crippen molar-refractivity contribution < 1.29 is 9.16 Å². The summed E-state index contributed by atoms with van der Waals surface area (Å²) in [6, 6.07) is 38.9. The lowest BCUT2D eigenvalue weighted by molar-refractivity contribution is 0.414. The summed E-state index contributed by atoms with van der Waals surface area (Å²) in [4.78, 5) is 0. The smallest absolute Gasteiger partial charge is 0.252 e. The lowest BCUT2D eigenvalue weighted by atomic mass is 10.3. The summed E-state index contributed by atoms with van der Waals surface area (Å²) in [5, 5.41) is 6.61. The molecular weight excluding hydrogens is 415 g/mol. The van der Waals surface area contributed by atoms with Crippen LogP contribution in [0.2, 0.25) is 6.55 Å². The van der Waals surface area contributed by atoms with E-state index in [4.69, 9.17) is 9.16 Å². The van der Waals surface area contributed by atoms with Gasteiger partial charge in [0, 0.05) is 7.11 Å². The van der Waals surface area contributed by atoms with E-state index in [1.54, 1.807) is 7.11 Å². The zero-order valence-electron chi connectivity index (χ0n) is 18.2. The molecule has 0 bridgehead atoms. The first-order valence-corrected chi connectivity index (χ1v) is 14.1. The fourth-order valence-electron chi connectivity index (χ4n) is 3.95. The van der Waals surface area contributed by atoms with Crippen LogP contribution < -0.4 is 31.0 Å². The molecule has 4 aromatic carbocycles. The lowest BCUT2D eigenvalue weighted by Gasteiger charge is -2.31. The van der Waals surface area contributed by atoms with Crippen molar-refractivity contribution in [3.05, 3.63) is 109 Å². The average Bonchev–Trinajstić information content (AvgIpc) is 2.85. The number of hydrogen-bond acceptors (Lipinski definition) is 2. The van der Waals surface area contributed by atoms with Crippen molar-refractivity contribution in [1.29, 1.82) is 0 Å². The second kappa shape index (κ2) is 9.61. The van der Waals surface area contributed by atoms with Crippen LogP contribution in [-0.4, -0.2) is 22.5 Å². The van der Waals surface area contributed by atoms with Gasteiger partial charge in [0.25, 0.3) is 8.32 Å². The minimum absolute atomic E-state index is 0.706. The first-order chi connectivity index (χ1) is 15.2. The van der Waals surface area contributed by atoms with Crippen molar-refractivity contribution in [2.24, 2.45) is 0 Å². The molecule has 4 aromatic rings. The molecule has 0 aromatic heterocycles. The molecule has 0 N–H and O–H groups in total. The fraction of sp³-hybridized carbons (Fsp3) is 0.111. The SMILES string of the molecule is COc1ccc([Si](C)(OC)c2ccccc2P(c2ccccc2)c2ccccc2)cc1. The molecule has 0 aliphatic rings. The Labute approximate surface area is 187 Å². The molecule has 0 heterocycles. The van der Waals surface area contributed by atoms with Crippen molar-refractivity contribution in [2.75, 3.05) is 14.2 Å². The molecule has 0 aliphatic carbocycles. The van der Waals surface area contributed by atoms with Gasteiger partial charge >= 0.3 is 0 Å². The third kappa shape index (κ3) is 4.36. The van der Waals surface area contributed by atoms with E-state index < -0.39 is 16.2 Å². The maximum Gasteiger partial charge on any atom is 0.252 e. The normalized spacial score (nSPS) is 13.0.